The second-order valence-corrected chi connectivity index (χ2v) is 11.5. The maximum atomic E-state index is 13.8. The molecule has 1 aliphatic rings. The third kappa shape index (κ3) is 6.75. The van der Waals surface area contributed by atoms with Gasteiger partial charge in [0.2, 0.25) is 0 Å². The van der Waals surface area contributed by atoms with Gasteiger partial charge in [-0.1, -0.05) is 72.8 Å². The third-order valence-corrected chi connectivity index (χ3v) is 8.72. The number of esters is 1. The lowest BCUT2D eigenvalue weighted by Gasteiger charge is -2.36. The minimum Gasteiger partial charge on any atom is -0.452 e. The summed E-state index contributed by atoms with van der Waals surface area (Å²) in [4.78, 5) is 29.5. The molecule has 1 fully saturated rings. The van der Waals surface area contributed by atoms with E-state index in [9.17, 15) is 18.0 Å². The van der Waals surface area contributed by atoms with Gasteiger partial charge in [0.1, 0.15) is 0 Å². The highest BCUT2D eigenvalue weighted by molar-refractivity contribution is 7.92. The Bertz CT molecular complexity index is 1570. The fourth-order valence-corrected chi connectivity index (χ4v) is 6.22. The normalized spacial score (nSPS) is 13.5. The van der Waals surface area contributed by atoms with Gasteiger partial charge >= 0.3 is 5.97 Å². The summed E-state index contributed by atoms with van der Waals surface area (Å²) in [7, 11) is -4.04. The lowest BCUT2D eigenvalue weighted by molar-refractivity contribution is -0.134. The first-order valence-corrected chi connectivity index (χ1v) is 14.8. The number of hydrogen-bond acceptors (Lipinski definition) is 6. The SMILES string of the molecule is O=C(OCC(=O)N1CCN(c2ccccc2)CC1)c1cccc(S(=O)(=O)N(Cc2ccccc2)c2ccccc2)c1. The molecule has 4 aromatic carbocycles. The molecule has 0 aromatic heterocycles. The number of anilines is 2. The molecule has 210 valence electrons. The van der Waals surface area contributed by atoms with Crippen LogP contribution in [0.2, 0.25) is 0 Å². The van der Waals surface area contributed by atoms with Crippen LogP contribution in [-0.2, 0) is 26.1 Å². The van der Waals surface area contributed by atoms with E-state index in [0.717, 1.165) is 11.3 Å². The molecule has 0 unspecified atom stereocenters. The van der Waals surface area contributed by atoms with Gasteiger partial charge in [0.15, 0.2) is 6.61 Å². The average Bonchev–Trinajstić information content (AvgIpc) is 3.03. The number of carbonyl (C=O) groups excluding carboxylic acids is 2. The van der Waals surface area contributed by atoms with E-state index in [0.29, 0.717) is 31.9 Å². The second kappa shape index (κ2) is 12.7. The smallest absolute Gasteiger partial charge is 0.338 e. The van der Waals surface area contributed by atoms with E-state index >= 15 is 0 Å². The highest BCUT2D eigenvalue weighted by Gasteiger charge is 2.27. The van der Waals surface area contributed by atoms with Crippen LogP contribution in [0.4, 0.5) is 11.4 Å². The number of sulfonamides is 1. The topological polar surface area (TPSA) is 87.2 Å². The van der Waals surface area contributed by atoms with E-state index < -0.39 is 22.6 Å². The summed E-state index contributed by atoms with van der Waals surface area (Å²) in [5, 5.41) is 0. The fraction of sp³-hybridized carbons (Fsp3) is 0.188. The Hall–Kier alpha value is -4.63. The summed E-state index contributed by atoms with van der Waals surface area (Å²) < 4.78 is 34.3. The minimum absolute atomic E-state index is 0.0462. The number of rotatable bonds is 9. The predicted octanol–water partition coefficient (Wildman–Crippen LogP) is 4.59. The van der Waals surface area contributed by atoms with Crippen molar-refractivity contribution in [3.63, 3.8) is 0 Å². The number of benzene rings is 4. The van der Waals surface area contributed by atoms with Crippen LogP contribution in [0.15, 0.2) is 120 Å². The Morgan fingerprint density at radius 1 is 0.732 bits per heavy atom. The monoisotopic (exact) mass is 569 g/mol. The van der Waals surface area contributed by atoms with Gasteiger partial charge in [0, 0.05) is 31.9 Å². The van der Waals surface area contributed by atoms with E-state index in [1.165, 1.54) is 28.6 Å². The van der Waals surface area contributed by atoms with Gasteiger partial charge in [0.25, 0.3) is 15.9 Å². The molecule has 9 heteroatoms. The van der Waals surface area contributed by atoms with Crippen LogP contribution < -0.4 is 9.21 Å². The van der Waals surface area contributed by atoms with Crippen molar-refractivity contribution in [2.24, 2.45) is 0 Å². The van der Waals surface area contributed by atoms with Crippen LogP contribution >= 0.6 is 0 Å². The van der Waals surface area contributed by atoms with Crippen molar-refractivity contribution < 1.29 is 22.7 Å². The summed E-state index contributed by atoms with van der Waals surface area (Å²) in [6.07, 6.45) is 0. The van der Waals surface area contributed by atoms with Crippen LogP contribution in [0.3, 0.4) is 0 Å². The minimum atomic E-state index is -4.04. The first kappa shape index (κ1) is 27.9. The molecule has 8 nitrogen and oxygen atoms in total. The Morgan fingerprint density at radius 2 is 1.34 bits per heavy atom. The molecule has 41 heavy (non-hydrogen) atoms. The number of hydrogen-bond donors (Lipinski definition) is 0. The molecule has 1 amide bonds. The van der Waals surface area contributed by atoms with Gasteiger partial charge in [0.05, 0.1) is 22.7 Å². The molecule has 0 N–H and O–H groups in total. The van der Waals surface area contributed by atoms with Gasteiger partial charge in [-0.15, -0.1) is 0 Å². The summed E-state index contributed by atoms with van der Waals surface area (Å²) >= 11 is 0. The molecule has 1 saturated heterocycles. The summed E-state index contributed by atoms with van der Waals surface area (Å²) in [5.74, 6) is -1.04. The Kier molecular flexibility index (Phi) is 8.64. The molecule has 1 heterocycles. The highest BCUT2D eigenvalue weighted by atomic mass is 32.2. The molecular weight excluding hydrogens is 538 g/mol. The zero-order valence-electron chi connectivity index (χ0n) is 22.5. The molecule has 0 saturated carbocycles. The first-order chi connectivity index (χ1) is 19.9. The van der Waals surface area contributed by atoms with Crippen LogP contribution in [0.25, 0.3) is 0 Å². The molecule has 0 atom stereocenters. The van der Waals surface area contributed by atoms with Crippen molar-refractivity contribution in [1.29, 1.82) is 0 Å². The lowest BCUT2D eigenvalue weighted by atomic mass is 10.2. The highest BCUT2D eigenvalue weighted by Crippen LogP contribution is 2.26. The van der Waals surface area contributed by atoms with E-state index in [1.807, 2.05) is 66.7 Å². The number of para-hydroxylation sites is 2. The van der Waals surface area contributed by atoms with Crippen molar-refractivity contribution in [2.45, 2.75) is 11.4 Å². The molecule has 0 spiro atoms. The van der Waals surface area contributed by atoms with Crippen LogP contribution in [-0.4, -0.2) is 58.0 Å². The Morgan fingerprint density at radius 3 is 2.00 bits per heavy atom. The van der Waals surface area contributed by atoms with Gasteiger partial charge in [-0.3, -0.25) is 9.10 Å². The zero-order valence-corrected chi connectivity index (χ0v) is 23.3. The number of ether oxygens (including phenoxy) is 1. The first-order valence-electron chi connectivity index (χ1n) is 13.4. The maximum Gasteiger partial charge on any atom is 0.338 e. The van der Waals surface area contributed by atoms with Crippen molar-refractivity contribution >= 4 is 33.3 Å². The van der Waals surface area contributed by atoms with Crippen molar-refractivity contribution in [2.75, 3.05) is 42.0 Å². The Labute approximate surface area is 240 Å². The Balaban J connectivity index is 1.25. The quantitative estimate of drug-likeness (QED) is 0.274. The largest absolute Gasteiger partial charge is 0.452 e. The van der Waals surface area contributed by atoms with Crippen LogP contribution in [0, 0.1) is 0 Å². The number of carbonyl (C=O) groups is 2. The van der Waals surface area contributed by atoms with E-state index in [1.54, 1.807) is 29.2 Å². The summed E-state index contributed by atoms with van der Waals surface area (Å²) in [5.41, 5.74) is 2.48. The van der Waals surface area contributed by atoms with Crippen molar-refractivity contribution in [3.05, 3.63) is 126 Å². The molecule has 0 bridgehead atoms. The molecule has 1 aliphatic heterocycles. The summed E-state index contributed by atoms with van der Waals surface area (Å²) in [6, 6.07) is 33.8. The van der Waals surface area contributed by atoms with Crippen LogP contribution in [0.1, 0.15) is 15.9 Å². The average molecular weight is 570 g/mol. The molecule has 5 rings (SSSR count). The summed E-state index contributed by atoms with van der Waals surface area (Å²) in [6.45, 7) is 2.12. The van der Waals surface area contributed by atoms with Gasteiger partial charge in [-0.05, 0) is 48.0 Å². The van der Waals surface area contributed by atoms with E-state index in [4.69, 9.17) is 4.74 Å². The number of piperazine rings is 1. The van der Waals surface area contributed by atoms with Gasteiger partial charge in [-0.2, -0.15) is 0 Å². The molecule has 0 radical (unpaired) electrons. The molecular formula is C32H31N3O5S. The van der Waals surface area contributed by atoms with Crippen molar-refractivity contribution in [1.82, 2.24) is 4.90 Å². The number of amides is 1. The second-order valence-electron chi connectivity index (χ2n) is 9.64. The van der Waals surface area contributed by atoms with Crippen LogP contribution in [0.5, 0.6) is 0 Å². The standard InChI is InChI=1S/C32H31N3O5S/c36-31(34-21-19-33(20-22-34)28-14-6-2-7-15-28)25-40-32(37)27-13-10-18-30(23-27)41(38,39)35(29-16-8-3-9-17-29)24-26-11-4-1-5-12-26/h1-18,23H,19-22,24-25H2. The van der Waals surface area contributed by atoms with E-state index in [-0.39, 0.29) is 22.9 Å². The molecule has 4 aromatic rings. The maximum absolute atomic E-state index is 13.8. The van der Waals surface area contributed by atoms with E-state index in [2.05, 4.69) is 4.90 Å². The fourth-order valence-electron chi connectivity index (χ4n) is 4.72. The third-order valence-electron chi connectivity index (χ3n) is 6.95. The number of nitrogens with zero attached hydrogens (tertiary/aromatic N) is 3. The zero-order chi connectivity index (χ0) is 28.7. The molecule has 0 aliphatic carbocycles. The van der Waals surface area contributed by atoms with Crippen molar-refractivity contribution in [3.8, 4) is 0 Å². The van der Waals surface area contributed by atoms with Gasteiger partial charge in [-0.25, -0.2) is 13.2 Å². The predicted molar refractivity (Wildman–Crippen MR) is 158 cm³/mol. The lowest BCUT2D eigenvalue weighted by Crippen LogP contribution is -2.49. The van der Waals surface area contributed by atoms with Gasteiger partial charge < -0.3 is 14.5 Å².